The van der Waals surface area contributed by atoms with Gasteiger partial charge in [-0.05, 0) is 36.5 Å². The molecule has 1 aliphatic rings. The van der Waals surface area contributed by atoms with Gasteiger partial charge in [-0.3, -0.25) is 0 Å². The minimum Gasteiger partial charge on any atom is -0.506 e. The first-order valence-electron chi connectivity index (χ1n) is 4.42. The molecule has 1 fully saturated rings. The molecule has 3 N–H and O–H groups in total. The Bertz CT molecular complexity index is 323. The number of phenolic OH excluding ortho intramolecular Hbond substituents is 1. The van der Waals surface area contributed by atoms with Gasteiger partial charge in [-0.15, -0.1) is 0 Å². The highest BCUT2D eigenvalue weighted by Crippen LogP contribution is 2.40. The van der Waals surface area contributed by atoms with Crippen LogP contribution in [-0.2, 0) is 0 Å². The van der Waals surface area contributed by atoms with E-state index in [1.165, 1.54) is 12.8 Å². The smallest absolute Gasteiger partial charge is 0.134 e. The van der Waals surface area contributed by atoms with Crippen molar-refractivity contribution in [2.24, 2.45) is 11.7 Å². The zero-order chi connectivity index (χ0) is 9.42. The maximum Gasteiger partial charge on any atom is 0.134 e. The van der Waals surface area contributed by atoms with E-state index in [1.54, 1.807) is 12.1 Å². The minimum absolute atomic E-state index is 0.0816. The van der Waals surface area contributed by atoms with E-state index in [4.69, 9.17) is 17.3 Å². The van der Waals surface area contributed by atoms with Crippen LogP contribution in [0.4, 0.5) is 0 Å². The molecular formula is C10H12ClNO. The molecule has 0 heterocycles. The van der Waals surface area contributed by atoms with Gasteiger partial charge >= 0.3 is 0 Å². The van der Waals surface area contributed by atoms with Gasteiger partial charge in [0.05, 0.1) is 5.02 Å². The maximum absolute atomic E-state index is 9.21. The van der Waals surface area contributed by atoms with Crippen molar-refractivity contribution in [2.75, 3.05) is 0 Å². The molecular weight excluding hydrogens is 186 g/mol. The monoisotopic (exact) mass is 197 g/mol. The average molecular weight is 198 g/mol. The van der Waals surface area contributed by atoms with Gasteiger partial charge < -0.3 is 10.8 Å². The summed E-state index contributed by atoms with van der Waals surface area (Å²) in [5.74, 6) is 0.731. The van der Waals surface area contributed by atoms with E-state index in [9.17, 15) is 5.11 Å². The van der Waals surface area contributed by atoms with Crippen LogP contribution >= 0.6 is 11.6 Å². The molecule has 0 spiro atoms. The Hall–Kier alpha value is -0.730. The summed E-state index contributed by atoms with van der Waals surface area (Å²) < 4.78 is 0. The first-order valence-corrected chi connectivity index (χ1v) is 4.80. The van der Waals surface area contributed by atoms with Crippen molar-refractivity contribution in [3.05, 3.63) is 28.8 Å². The number of hydrogen-bond acceptors (Lipinski definition) is 2. The third-order valence-corrected chi connectivity index (χ3v) is 2.79. The number of nitrogens with two attached hydrogens (primary N) is 1. The van der Waals surface area contributed by atoms with Gasteiger partial charge in [0.2, 0.25) is 0 Å². The highest BCUT2D eigenvalue weighted by molar-refractivity contribution is 6.32. The summed E-state index contributed by atoms with van der Waals surface area (Å²) in [5.41, 5.74) is 7.00. The lowest BCUT2D eigenvalue weighted by Crippen LogP contribution is -2.11. The molecule has 0 bridgehead atoms. The first kappa shape index (κ1) is 8.85. The second kappa shape index (κ2) is 3.20. The SMILES string of the molecule is N[C@H](c1ccc(O)c(Cl)c1)C1CC1. The van der Waals surface area contributed by atoms with Crippen molar-refractivity contribution in [1.82, 2.24) is 0 Å². The lowest BCUT2D eigenvalue weighted by atomic mass is 10.0. The summed E-state index contributed by atoms with van der Waals surface area (Å²) in [6, 6.07) is 5.27. The summed E-state index contributed by atoms with van der Waals surface area (Å²) in [6.45, 7) is 0. The normalized spacial score (nSPS) is 18.6. The van der Waals surface area contributed by atoms with Gasteiger partial charge in [0.25, 0.3) is 0 Å². The van der Waals surface area contributed by atoms with Gasteiger partial charge in [-0.2, -0.15) is 0 Å². The zero-order valence-corrected chi connectivity index (χ0v) is 7.96. The molecule has 2 nitrogen and oxygen atoms in total. The number of phenols is 1. The van der Waals surface area contributed by atoms with E-state index < -0.39 is 0 Å². The largest absolute Gasteiger partial charge is 0.506 e. The van der Waals surface area contributed by atoms with Gasteiger partial charge in [-0.25, -0.2) is 0 Å². The first-order chi connectivity index (χ1) is 6.18. The zero-order valence-electron chi connectivity index (χ0n) is 7.20. The highest BCUT2D eigenvalue weighted by atomic mass is 35.5. The fraction of sp³-hybridized carbons (Fsp3) is 0.400. The lowest BCUT2D eigenvalue weighted by Gasteiger charge is -2.10. The van der Waals surface area contributed by atoms with Crippen molar-refractivity contribution in [1.29, 1.82) is 0 Å². The molecule has 70 valence electrons. The Morgan fingerprint density at radius 2 is 2.15 bits per heavy atom. The van der Waals surface area contributed by atoms with E-state index in [1.807, 2.05) is 6.07 Å². The third kappa shape index (κ3) is 1.79. The Morgan fingerprint density at radius 3 is 2.69 bits per heavy atom. The van der Waals surface area contributed by atoms with E-state index in [2.05, 4.69) is 0 Å². The van der Waals surface area contributed by atoms with Crippen molar-refractivity contribution in [3.8, 4) is 5.75 Å². The molecule has 2 rings (SSSR count). The number of aromatic hydroxyl groups is 1. The van der Waals surface area contributed by atoms with Crippen molar-refractivity contribution in [2.45, 2.75) is 18.9 Å². The molecule has 0 amide bonds. The fourth-order valence-corrected chi connectivity index (χ4v) is 1.65. The molecule has 1 aromatic carbocycles. The molecule has 1 aromatic rings. The molecule has 0 saturated heterocycles. The molecule has 1 aliphatic carbocycles. The Kier molecular flexibility index (Phi) is 2.18. The fourth-order valence-electron chi connectivity index (χ4n) is 1.46. The predicted octanol–water partition coefficient (Wildman–Crippen LogP) is 2.46. The van der Waals surface area contributed by atoms with Crippen LogP contribution in [0.3, 0.4) is 0 Å². The number of hydrogen-bond donors (Lipinski definition) is 2. The van der Waals surface area contributed by atoms with Crippen LogP contribution in [0.2, 0.25) is 5.02 Å². The lowest BCUT2D eigenvalue weighted by molar-refractivity contribution is 0.475. The summed E-state index contributed by atoms with van der Waals surface area (Å²) in [5, 5.41) is 9.59. The van der Waals surface area contributed by atoms with Crippen LogP contribution in [0.15, 0.2) is 18.2 Å². The Balaban J connectivity index is 2.24. The van der Waals surface area contributed by atoms with Crippen molar-refractivity contribution in [3.63, 3.8) is 0 Å². The second-order valence-corrected chi connectivity index (χ2v) is 3.98. The highest BCUT2D eigenvalue weighted by Gasteiger charge is 2.29. The van der Waals surface area contributed by atoms with Crippen LogP contribution < -0.4 is 5.73 Å². The van der Waals surface area contributed by atoms with Crippen molar-refractivity contribution < 1.29 is 5.11 Å². The van der Waals surface area contributed by atoms with Gasteiger partial charge in [0.1, 0.15) is 5.75 Å². The quantitative estimate of drug-likeness (QED) is 0.765. The molecule has 0 aliphatic heterocycles. The topological polar surface area (TPSA) is 46.2 Å². The maximum atomic E-state index is 9.21. The van der Waals surface area contributed by atoms with E-state index in [-0.39, 0.29) is 11.8 Å². The van der Waals surface area contributed by atoms with Crippen LogP contribution in [0.1, 0.15) is 24.4 Å². The van der Waals surface area contributed by atoms with Crippen LogP contribution in [0, 0.1) is 5.92 Å². The van der Waals surface area contributed by atoms with Gasteiger partial charge in [0, 0.05) is 6.04 Å². The summed E-state index contributed by atoms with van der Waals surface area (Å²) in [7, 11) is 0. The molecule has 0 radical (unpaired) electrons. The van der Waals surface area contributed by atoms with E-state index >= 15 is 0 Å². The number of benzene rings is 1. The third-order valence-electron chi connectivity index (χ3n) is 2.49. The van der Waals surface area contributed by atoms with E-state index in [0.29, 0.717) is 10.9 Å². The van der Waals surface area contributed by atoms with Gasteiger partial charge in [-0.1, -0.05) is 17.7 Å². The Morgan fingerprint density at radius 1 is 1.46 bits per heavy atom. The molecule has 13 heavy (non-hydrogen) atoms. The number of halogens is 1. The molecule has 3 heteroatoms. The van der Waals surface area contributed by atoms with Crippen LogP contribution in [-0.4, -0.2) is 5.11 Å². The number of rotatable bonds is 2. The minimum atomic E-state index is 0.0816. The summed E-state index contributed by atoms with van der Waals surface area (Å²) in [6.07, 6.45) is 2.42. The van der Waals surface area contributed by atoms with Gasteiger partial charge in [0.15, 0.2) is 0 Å². The summed E-state index contributed by atoms with van der Waals surface area (Å²) >= 11 is 5.78. The Labute approximate surface area is 82.3 Å². The molecule has 1 atom stereocenters. The summed E-state index contributed by atoms with van der Waals surface area (Å²) in [4.78, 5) is 0. The van der Waals surface area contributed by atoms with Crippen molar-refractivity contribution >= 4 is 11.6 Å². The van der Waals surface area contributed by atoms with E-state index in [0.717, 1.165) is 5.56 Å². The average Bonchev–Trinajstić information content (AvgIpc) is 2.91. The molecule has 0 aromatic heterocycles. The van der Waals surface area contributed by atoms with Crippen LogP contribution in [0.25, 0.3) is 0 Å². The molecule has 1 saturated carbocycles. The van der Waals surface area contributed by atoms with Crippen LogP contribution in [0.5, 0.6) is 5.75 Å². The standard InChI is InChI=1S/C10H12ClNO/c11-8-5-7(3-4-9(8)13)10(12)6-1-2-6/h3-6,10,13H,1-2,12H2/t10-/m0/s1. The molecule has 0 unspecified atom stereocenters. The predicted molar refractivity (Wildman–Crippen MR) is 52.8 cm³/mol. The second-order valence-electron chi connectivity index (χ2n) is 3.57.